The zero-order valence-electron chi connectivity index (χ0n) is 21.1. The van der Waals surface area contributed by atoms with Crippen LogP contribution in [-0.2, 0) is 14.3 Å². The van der Waals surface area contributed by atoms with E-state index in [2.05, 4.69) is 16.8 Å². The lowest BCUT2D eigenvalue weighted by molar-refractivity contribution is -0.140. The Morgan fingerprint density at radius 1 is 1.17 bits per heavy atom. The van der Waals surface area contributed by atoms with E-state index in [-0.39, 0.29) is 11.3 Å². The Bertz CT molecular complexity index is 1100. The number of carbonyl (C=O) groups excluding carboxylic acids is 2. The summed E-state index contributed by atoms with van der Waals surface area (Å²) in [6.45, 7) is 8.95. The smallest absolute Gasteiger partial charge is 0.295 e. The number of aryl methyl sites for hydroxylation is 1. The third kappa shape index (κ3) is 5.77. The van der Waals surface area contributed by atoms with Crippen LogP contribution in [0.2, 0.25) is 0 Å². The van der Waals surface area contributed by atoms with Gasteiger partial charge in [0.15, 0.2) is 0 Å². The molecule has 0 aliphatic carbocycles. The molecule has 2 aromatic rings. The number of hydrogen-bond donors (Lipinski definition) is 1. The van der Waals surface area contributed by atoms with E-state index >= 15 is 0 Å². The number of benzene rings is 1. The number of nitrogens with zero attached hydrogens (tertiary/aromatic N) is 3. The Morgan fingerprint density at radius 3 is 2.67 bits per heavy atom. The first kappa shape index (κ1) is 25.9. The second kappa shape index (κ2) is 12.1. The number of pyridine rings is 1. The van der Waals surface area contributed by atoms with Gasteiger partial charge in [-0.05, 0) is 55.2 Å². The van der Waals surface area contributed by atoms with Crippen LogP contribution in [0, 0.1) is 6.92 Å². The van der Waals surface area contributed by atoms with E-state index in [0.717, 1.165) is 38.0 Å². The van der Waals surface area contributed by atoms with Crippen LogP contribution in [0.4, 0.5) is 0 Å². The van der Waals surface area contributed by atoms with Crippen molar-refractivity contribution >= 4 is 17.4 Å². The maximum Gasteiger partial charge on any atom is 0.295 e. The summed E-state index contributed by atoms with van der Waals surface area (Å²) in [6, 6.07) is 8.30. The molecule has 36 heavy (non-hydrogen) atoms. The second-order valence-electron chi connectivity index (χ2n) is 9.27. The number of ketones is 1. The molecule has 1 aromatic heterocycles. The van der Waals surface area contributed by atoms with E-state index < -0.39 is 17.7 Å². The lowest BCUT2D eigenvalue weighted by Crippen LogP contribution is -2.39. The summed E-state index contributed by atoms with van der Waals surface area (Å²) in [6.07, 6.45) is 6.01. The molecule has 8 nitrogen and oxygen atoms in total. The van der Waals surface area contributed by atoms with Gasteiger partial charge in [0.1, 0.15) is 11.5 Å². The van der Waals surface area contributed by atoms with E-state index in [9.17, 15) is 14.7 Å². The number of rotatable bonds is 10. The molecule has 2 saturated heterocycles. The quantitative estimate of drug-likeness (QED) is 0.233. The monoisotopic (exact) mass is 493 g/mol. The largest absolute Gasteiger partial charge is 0.507 e. The summed E-state index contributed by atoms with van der Waals surface area (Å²) in [7, 11) is 0. The van der Waals surface area contributed by atoms with Gasteiger partial charge in [0.05, 0.1) is 31.4 Å². The summed E-state index contributed by atoms with van der Waals surface area (Å²) < 4.78 is 11.2. The van der Waals surface area contributed by atoms with Gasteiger partial charge in [-0.25, -0.2) is 0 Å². The van der Waals surface area contributed by atoms with Crippen LogP contribution in [0.3, 0.4) is 0 Å². The fourth-order valence-electron chi connectivity index (χ4n) is 4.76. The molecule has 2 aliphatic rings. The van der Waals surface area contributed by atoms with Crippen molar-refractivity contribution in [2.75, 3.05) is 46.0 Å². The number of hydrogen-bond acceptors (Lipinski definition) is 7. The first-order valence-electron chi connectivity index (χ1n) is 12.7. The van der Waals surface area contributed by atoms with E-state index in [4.69, 9.17) is 9.47 Å². The number of aromatic nitrogens is 1. The minimum absolute atomic E-state index is 0.0992. The molecule has 4 rings (SSSR count). The number of morpholine rings is 1. The van der Waals surface area contributed by atoms with Crippen molar-refractivity contribution in [1.29, 1.82) is 0 Å². The molecule has 192 valence electrons. The average Bonchev–Trinajstić information content (AvgIpc) is 3.15. The second-order valence-corrected chi connectivity index (χ2v) is 9.27. The minimum Gasteiger partial charge on any atom is -0.507 e. The van der Waals surface area contributed by atoms with Gasteiger partial charge in [-0.15, -0.1) is 0 Å². The van der Waals surface area contributed by atoms with Crippen LogP contribution in [0.25, 0.3) is 5.76 Å². The zero-order valence-corrected chi connectivity index (χ0v) is 21.1. The Balaban J connectivity index is 1.62. The minimum atomic E-state index is -0.691. The maximum absolute atomic E-state index is 13.3. The van der Waals surface area contributed by atoms with Crippen molar-refractivity contribution < 1.29 is 24.2 Å². The third-order valence-electron chi connectivity index (χ3n) is 6.74. The third-order valence-corrected chi connectivity index (χ3v) is 6.74. The molecule has 0 spiro atoms. The molecular weight excluding hydrogens is 458 g/mol. The molecule has 2 fully saturated rings. The first-order valence-corrected chi connectivity index (χ1v) is 12.7. The van der Waals surface area contributed by atoms with Crippen LogP contribution in [-0.4, -0.2) is 77.6 Å². The number of likely N-dealkylation sites (tertiary alicyclic amines) is 1. The number of amides is 1. The highest BCUT2D eigenvalue weighted by atomic mass is 16.5. The summed E-state index contributed by atoms with van der Waals surface area (Å²) in [5, 5.41) is 11.4. The number of carbonyl (C=O) groups is 2. The molecule has 1 amide bonds. The molecule has 0 bridgehead atoms. The van der Waals surface area contributed by atoms with E-state index in [1.807, 2.05) is 19.1 Å². The van der Waals surface area contributed by atoms with Crippen molar-refractivity contribution in [2.45, 2.75) is 39.2 Å². The number of unbranched alkanes of at least 4 members (excludes halogenated alkanes) is 1. The number of aliphatic hydroxyl groups excluding tert-OH is 1. The van der Waals surface area contributed by atoms with Crippen molar-refractivity contribution in [3.63, 3.8) is 0 Å². The molecule has 0 radical (unpaired) electrons. The predicted molar refractivity (Wildman–Crippen MR) is 137 cm³/mol. The number of Topliss-reactive ketones (excluding diaryl/α,β-unsaturated/α-hetero) is 1. The van der Waals surface area contributed by atoms with Gasteiger partial charge < -0.3 is 19.5 Å². The van der Waals surface area contributed by atoms with Crippen LogP contribution in [0.1, 0.15) is 48.9 Å². The lowest BCUT2D eigenvalue weighted by Gasteiger charge is -2.29. The standard InChI is InChI=1S/C28H35N3O5/c1-3-4-15-36-22-8-9-23(20(2)18-22)26(32)24-25(21-7-5-10-29-19-21)31(28(34)27(24)33)12-6-11-30-13-16-35-17-14-30/h5,7-10,18-19,25,32H,3-4,6,11-17H2,1-2H3/t25-/m1/s1. The topological polar surface area (TPSA) is 92.2 Å². The van der Waals surface area contributed by atoms with E-state index in [1.54, 1.807) is 35.5 Å². The molecule has 1 N–H and O–H groups in total. The Kier molecular flexibility index (Phi) is 8.72. The van der Waals surface area contributed by atoms with Gasteiger partial charge in [0, 0.05) is 44.1 Å². The molecule has 0 unspecified atom stereocenters. The lowest BCUT2D eigenvalue weighted by atomic mass is 9.94. The molecule has 2 aliphatic heterocycles. The molecule has 8 heteroatoms. The molecule has 3 heterocycles. The SMILES string of the molecule is CCCCOc1ccc(C(O)=C2C(=O)C(=O)N(CCCN3CCOCC3)[C@@H]2c2cccnc2)c(C)c1. The van der Waals surface area contributed by atoms with Crippen molar-refractivity contribution in [2.24, 2.45) is 0 Å². The van der Waals surface area contributed by atoms with Crippen LogP contribution < -0.4 is 4.74 Å². The van der Waals surface area contributed by atoms with Gasteiger partial charge in [-0.3, -0.25) is 19.5 Å². The molecule has 1 atom stereocenters. The van der Waals surface area contributed by atoms with E-state index in [1.165, 1.54) is 0 Å². The van der Waals surface area contributed by atoms with E-state index in [0.29, 0.717) is 49.7 Å². The van der Waals surface area contributed by atoms with Crippen molar-refractivity contribution in [3.05, 3.63) is 65.0 Å². The maximum atomic E-state index is 13.3. The number of ether oxygens (including phenoxy) is 2. The van der Waals surface area contributed by atoms with Gasteiger partial charge in [0.25, 0.3) is 11.7 Å². The summed E-state index contributed by atoms with van der Waals surface area (Å²) in [5.74, 6) is -0.722. The van der Waals surface area contributed by atoms with Crippen LogP contribution in [0.15, 0.2) is 48.3 Å². The highest BCUT2D eigenvalue weighted by molar-refractivity contribution is 6.46. The molecule has 1 aromatic carbocycles. The van der Waals surface area contributed by atoms with Crippen molar-refractivity contribution in [1.82, 2.24) is 14.8 Å². The van der Waals surface area contributed by atoms with Crippen molar-refractivity contribution in [3.8, 4) is 5.75 Å². The normalized spacial score (nSPS) is 20.2. The average molecular weight is 494 g/mol. The Labute approximate surface area is 212 Å². The molecule has 0 saturated carbocycles. The zero-order chi connectivity index (χ0) is 25.5. The molecular formula is C28H35N3O5. The van der Waals surface area contributed by atoms with Gasteiger partial charge >= 0.3 is 0 Å². The van der Waals surface area contributed by atoms with Gasteiger partial charge in [0.2, 0.25) is 0 Å². The highest BCUT2D eigenvalue weighted by Crippen LogP contribution is 2.40. The fourth-order valence-corrected chi connectivity index (χ4v) is 4.76. The summed E-state index contributed by atoms with van der Waals surface area (Å²) in [5.41, 5.74) is 2.08. The van der Waals surface area contributed by atoms with Crippen LogP contribution in [0.5, 0.6) is 5.75 Å². The Morgan fingerprint density at radius 2 is 1.97 bits per heavy atom. The number of aliphatic hydroxyl groups is 1. The summed E-state index contributed by atoms with van der Waals surface area (Å²) >= 11 is 0. The van der Waals surface area contributed by atoms with Gasteiger partial charge in [-0.2, -0.15) is 0 Å². The van der Waals surface area contributed by atoms with Gasteiger partial charge in [-0.1, -0.05) is 19.4 Å². The Hall–Kier alpha value is -3.23. The van der Waals surface area contributed by atoms with Crippen LogP contribution >= 0.6 is 0 Å². The first-order chi connectivity index (χ1) is 17.5. The fraction of sp³-hybridized carbons (Fsp3) is 0.464. The summed E-state index contributed by atoms with van der Waals surface area (Å²) in [4.78, 5) is 34.5. The predicted octanol–water partition coefficient (Wildman–Crippen LogP) is 3.71. The highest BCUT2D eigenvalue weighted by Gasteiger charge is 2.46.